The lowest BCUT2D eigenvalue weighted by molar-refractivity contribution is -0.147. The van der Waals surface area contributed by atoms with Crippen LogP contribution in [0, 0.1) is 12.3 Å². The highest BCUT2D eigenvalue weighted by atomic mass is 16.5. The predicted octanol–water partition coefficient (Wildman–Crippen LogP) is -0.436. The zero-order valence-corrected chi connectivity index (χ0v) is 10.7. The standard InChI is InChI=1S/C11H20N4O2/c1-9-12-13-10(15(9)3)4-14(2)5-11(6-16)7-17-8-11/h16H,4-8H2,1-3H3. The third-order valence-corrected chi connectivity index (χ3v) is 3.35. The number of ether oxygens (including phenoxy) is 1. The first-order valence-corrected chi connectivity index (χ1v) is 5.78. The van der Waals surface area contributed by atoms with Crippen molar-refractivity contribution >= 4 is 0 Å². The number of aliphatic hydroxyl groups excluding tert-OH is 1. The molecule has 0 saturated carbocycles. The number of aryl methyl sites for hydroxylation is 1. The minimum Gasteiger partial charge on any atom is -0.396 e. The van der Waals surface area contributed by atoms with Crippen molar-refractivity contribution in [3.63, 3.8) is 0 Å². The second-order valence-electron chi connectivity index (χ2n) is 5.05. The van der Waals surface area contributed by atoms with Crippen LogP contribution in [0.15, 0.2) is 0 Å². The van der Waals surface area contributed by atoms with E-state index in [1.807, 2.05) is 25.6 Å². The van der Waals surface area contributed by atoms with E-state index in [2.05, 4.69) is 15.1 Å². The molecule has 0 radical (unpaired) electrons. The van der Waals surface area contributed by atoms with Crippen molar-refractivity contribution in [2.24, 2.45) is 12.5 Å². The van der Waals surface area contributed by atoms with E-state index >= 15 is 0 Å². The normalized spacial score (nSPS) is 18.4. The van der Waals surface area contributed by atoms with Gasteiger partial charge in [0.2, 0.25) is 0 Å². The van der Waals surface area contributed by atoms with Crippen molar-refractivity contribution in [1.29, 1.82) is 0 Å². The molecule has 1 aliphatic rings. The van der Waals surface area contributed by atoms with Crippen molar-refractivity contribution in [3.8, 4) is 0 Å². The average Bonchev–Trinajstić information content (AvgIpc) is 2.55. The molecule has 0 unspecified atom stereocenters. The third-order valence-electron chi connectivity index (χ3n) is 3.35. The van der Waals surface area contributed by atoms with Crippen LogP contribution in [0.2, 0.25) is 0 Å². The summed E-state index contributed by atoms with van der Waals surface area (Å²) in [5.41, 5.74) is -0.0810. The Morgan fingerprint density at radius 2 is 2.18 bits per heavy atom. The molecule has 0 aromatic carbocycles. The Hall–Kier alpha value is -0.980. The number of nitrogens with zero attached hydrogens (tertiary/aromatic N) is 4. The number of hydrogen-bond acceptors (Lipinski definition) is 5. The summed E-state index contributed by atoms with van der Waals surface area (Å²) in [4.78, 5) is 2.15. The highest BCUT2D eigenvalue weighted by molar-refractivity contribution is 4.94. The van der Waals surface area contributed by atoms with E-state index in [0.717, 1.165) is 24.7 Å². The molecule has 0 atom stereocenters. The van der Waals surface area contributed by atoms with Gasteiger partial charge in [0.1, 0.15) is 11.6 Å². The van der Waals surface area contributed by atoms with Crippen LogP contribution in [0.4, 0.5) is 0 Å². The predicted molar refractivity (Wildman–Crippen MR) is 62.4 cm³/mol. The highest BCUT2D eigenvalue weighted by Crippen LogP contribution is 2.27. The van der Waals surface area contributed by atoms with Crippen LogP contribution in [-0.2, 0) is 18.3 Å². The van der Waals surface area contributed by atoms with E-state index in [-0.39, 0.29) is 12.0 Å². The summed E-state index contributed by atoms with van der Waals surface area (Å²) >= 11 is 0. The molecule has 0 aliphatic carbocycles. The molecule has 0 amide bonds. The molecule has 1 aromatic rings. The van der Waals surface area contributed by atoms with Gasteiger partial charge in [0.05, 0.1) is 31.8 Å². The largest absolute Gasteiger partial charge is 0.396 e. The monoisotopic (exact) mass is 240 g/mol. The smallest absolute Gasteiger partial charge is 0.146 e. The van der Waals surface area contributed by atoms with Gasteiger partial charge in [-0.15, -0.1) is 10.2 Å². The summed E-state index contributed by atoms with van der Waals surface area (Å²) in [5.74, 6) is 1.86. The van der Waals surface area contributed by atoms with Gasteiger partial charge in [-0.25, -0.2) is 0 Å². The van der Waals surface area contributed by atoms with Crippen molar-refractivity contribution < 1.29 is 9.84 Å². The van der Waals surface area contributed by atoms with E-state index < -0.39 is 0 Å². The lowest BCUT2D eigenvalue weighted by Crippen LogP contribution is -2.52. The van der Waals surface area contributed by atoms with Gasteiger partial charge >= 0.3 is 0 Å². The Balaban J connectivity index is 1.93. The first kappa shape index (κ1) is 12.5. The second-order valence-corrected chi connectivity index (χ2v) is 5.05. The van der Waals surface area contributed by atoms with E-state index in [1.54, 1.807) is 0 Å². The summed E-state index contributed by atoms with van der Waals surface area (Å²) in [7, 11) is 3.99. The Bertz CT molecular complexity index is 381. The van der Waals surface area contributed by atoms with Crippen LogP contribution < -0.4 is 0 Å². The Morgan fingerprint density at radius 1 is 1.47 bits per heavy atom. The molecule has 1 aromatic heterocycles. The van der Waals surface area contributed by atoms with Crippen LogP contribution in [0.1, 0.15) is 11.6 Å². The fourth-order valence-corrected chi connectivity index (χ4v) is 2.08. The zero-order chi connectivity index (χ0) is 12.5. The molecule has 1 fully saturated rings. The minimum absolute atomic E-state index is 0.0810. The second kappa shape index (κ2) is 4.72. The van der Waals surface area contributed by atoms with Gasteiger partial charge in [0.25, 0.3) is 0 Å². The third kappa shape index (κ3) is 2.48. The molecule has 2 rings (SSSR count). The van der Waals surface area contributed by atoms with Gasteiger partial charge in [-0.05, 0) is 14.0 Å². The van der Waals surface area contributed by atoms with Gasteiger partial charge in [0.15, 0.2) is 0 Å². The molecule has 96 valence electrons. The van der Waals surface area contributed by atoms with Gasteiger partial charge < -0.3 is 14.4 Å². The quantitative estimate of drug-likeness (QED) is 0.756. The van der Waals surface area contributed by atoms with Crippen molar-refractivity contribution in [3.05, 3.63) is 11.6 Å². The van der Waals surface area contributed by atoms with Crippen molar-refractivity contribution in [2.75, 3.05) is 33.4 Å². The van der Waals surface area contributed by atoms with Gasteiger partial charge in [-0.2, -0.15) is 0 Å². The van der Waals surface area contributed by atoms with E-state index in [4.69, 9.17) is 4.74 Å². The molecule has 2 heterocycles. The van der Waals surface area contributed by atoms with Crippen LogP contribution in [-0.4, -0.2) is 58.2 Å². The molecular formula is C11H20N4O2. The number of rotatable bonds is 5. The summed E-state index contributed by atoms with van der Waals surface area (Å²) in [6.45, 7) is 4.95. The van der Waals surface area contributed by atoms with E-state index in [0.29, 0.717) is 13.2 Å². The molecule has 0 bridgehead atoms. The van der Waals surface area contributed by atoms with Gasteiger partial charge in [0, 0.05) is 13.6 Å². The molecule has 6 heteroatoms. The summed E-state index contributed by atoms with van der Waals surface area (Å²) in [6.07, 6.45) is 0. The molecule has 17 heavy (non-hydrogen) atoms. The maximum atomic E-state index is 9.37. The highest BCUT2D eigenvalue weighted by Gasteiger charge is 2.39. The topological polar surface area (TPSA) is 63.4 Å². The zero-order valence-electron chi connectivity index (χ0n) is 10.7. The van der Waals surface area contributed by atoms with Crippen LogP contribution in [0.25, 0.3) is 0 Å². The molecule has 1 N–H and O–H groups in total. The average molecular weight is 240 g/mol. The summed E-state index contributed by atoms with van der Waals surface area (Å²) < 4.78 is 7.17. The van der Waals surface area contributed by atoms with Gasteiger partial charge in [-0.1, -0.05) is 0 Å². The van der Waals surface area contributed by atoms with Crippen molar-refractivity contribution in [1.82, 2.24) is 19.7 Å². The Kier molecular flexibility index (Phi) is 3.46. The fourth-order valence-electron chi connectivity index (χ4n) is 2.08. The number of aromatic nitrogens is 3. The van der Waals surface area contributed by atoms with E-state index in [1.165, 1.54) is 0 Å². The molecule has 1 aliphatic heterocycles. The minimum atomic E-state index is -0.0810. The number of aliphatic hydroxyl groups is 1. The van der Waals surface area contributed by atoms with Gasteiger partial charge in [-0.3, -0.25) is 4.90 Å². The lowest BCUT2D eigenvalue weighted by Gasteiger charge is -2.42. The first-order valence-electron chi connectivity index (χ1n) is 5.78. The summed E-state index contributed by atoms with van der Waals surface area (Å²) in [5, 5.41) is 17.5. The Morgan fingerprint density at radius 3 is 2.59 bits per heavy atom. The first-order chi connectivity index (χ1) is 8.06. The van der Waals surface area contributed by atoms with E-state index in [9.17, 15) is 5.11 Å². The van der Waals surface area contributed by atoms with Crippen LogP contribution in [0.3, 0.4) is 0 Å². The summed E-state index contributed by atoms with van der Waals surface area (Å²) in [6, 6.07) is 0. The molecule has 0 spiro atoms. The maximum absolute atomic E-state index is 9.37. The molecule has 6 nitrogen and oxygen atoms in total. The lowest BCUT2D eigenvalue weighted by atomic mass is 9.86. The van der Waals surface area contributed by atoms with Crippen LogP contribution in [0.5, 0.6) is 0 Å². The van der Waals surface area contributed by atoms with Crippen LogP contribution >= 0.6 is 0 Å². The molecular weight excluding hydrogens is 220 g/mol. The Labute approximate surface area is 101 Å². The fraction of sp³-hybridized carbons (Fsp3) is 0.818. The van der Waals surface area contributed by atoms with Crippen molar-refractivity contribution in [2.45, 2.75) is 13.5 Å². The SMILES string of the molecule is Cc1nnc(CN(C)CC2(CO)COC2)n1C. The number of hydrogen-bond donors (Lipinski definition) is 1. The maximum Gasteiger partial charge on any atom is 0.146 e. The molecule has 1 saturated heterocycles.